The second-order valence-corrected chi connectivity index (χ2v) is 6.21. The van der Waals surface area contributed by atoms with Crippen molar-refractivity contribution in [3.05, 3.63) is 65.7 Å². The molecule has 3 rings (SSSR count). The van der Waals surface area contributed by atoms with Crippen LogP contribution in [-0.4, -0.2) is 18.1 Å². The summed E-state index contributed by atoms with van der Waals surface area (Å²) in [6.45, 7) is 2.21. The van der Waals surface area contributed by atoms with Crippen molar-refractivity contribution in [2.45, 2.75) is 32.6 Å². The van der Waals surface area contributed by atoms with Gasteiger partial charge >= 0.3 is 5.97 Å². The molecular weight excluding hydrogens is 310 g/mol. The number of carbonyl (C=O) groups is 1. The van der Waals surface area contributed by atoms with Gasteiger partial charge in [-0.1, -0.05) is 50.1 Å². The van der Waals surface area contributed by atoms with Crippen molar-refractivity contribution < 1.29 is 9.53 Å². The maximum atomic E-state index is 11.6. The van der Waals surface area contributed by atoms with Gasteiger partial charge in [0.15, 0.2) is 0 Å². The highest BCUT2D eigenvalue weighted by molar-refractivity contribution is 5.90. The number of benzene rings is 2. The van der Waals surface area contributed by atoms with Crippen LogP contribution in [0.2, 0.25) is 0 Å². The fraction of sp³-hybridized carbons (Fsp3) is 0.273. The van der Waals surface area contributed by atoms with Crippen molar-refractivity contribution in [3.8, 4) is 11.3 Å². The molecule has 128 valence electrons. The SMILES string of the molecule is CCCCCc1cc2ccccc2nc1-c1ccc(C(=O)OC)cc1. The Bertz CT molecular complexity index is 869. The normalized spacial score (nSPS) is 10.8. The molecule has 0 spiro atoms. The van der Waals surface area contributed by atoms with Crippen molar-refractivity contribution in [1.29, 1.82) is 0 Å². The lowest BCUT2D eigenvalue weighted by molar-refractivity contribution is 0.0601. The van der Waals surface area contributed by atoms with Crippen molar-refractivity contribution in [2.24, 2.45) is 0 Å². The number of methoxy groups -OCH3 is 1. The highest BCUT2D eigenvalue weighted by Gasteiger charge is 2.11. The molecule has 1 heterocycles. The first kappa shape index (κ1) is 17.2. The number of rotatable bonds is 6. The maximum Gasteiger partial charge on any atom is 0.337 e. The molecule has 0 atom stereocenters. The lowest BCUT2D eigenvalue weighted by Crippen LogP contribution is -2.01. The van der Waals surface area contributed by atoms with Crippen molar-refractivity contribution in [1.82, 2.24) is 4.98 Å². The first-order valence-electron chi connectivity index (χ1n) is 8.80. The minimum Gasteiger partial charge on any atom is -0.465 e. The van der Waals surface area contributed by atoms with Gasteiger partial charge in [0.1, 0.15) is 0 Å². The number of ether oxygens (including phenoxy) is 1. The minimum absolute atomic E-state index is 0.318. The van der Waals surface area contributed by atoms with E-state index in [1.807, 2.05) is 30.3 Å². The zero-order chi connectivity index (χ0) is 17.6. The summed E-state index contributed by atoms with van der Waals surface area (Å²) in [6.07, 6.45) is 4.58. The monoisotopic (exact) mass is 333 g/mol. The molecule has 0 amide bonds. The molecule has 0 aliphatic rings. The number of carbonyl (C=O) groups excluding carboxylic acids is 1. The van der Waals surface area contributed by atoms with Gasteiger partial charge in [-0.2, -0.15) is 0 Å². The number of hydrogen-bond donors (Lipinski definition) is 0. The number of nitrogens with zero attached hydrogens (tertiary/aromatic N) is 1. The van der Waals surface area contributed by atoms with E-state index >= 15 is 0 Å². The van der Waals surface area contributed by atoms with E-state index in [-0.39, 0.29) is 5.97 Å². The quantitative estimate of drug-likeness (QED) is 0.446. The molecule has 3 aromatic rings. The van der Waals surface area contributed by atoms with Crippen LogP contribution in [0.25, 0.3) is 22.2 Å². The third-order valence-corrected chi connectivity index (χ3v) is 4.43. The zero-order valence-corrected chi connectivity index (χ0v) is 14.8. The molecule has 25 heavy (non-hydrogen) atoms. The first-order chi connectivity index (χ1) is 12.2. The summed E-state index contributed by atoms with van der Waals surface area (Å²) < 4.78 is 4.77. The van der Waals surface area contributed by atoms with E-state index in [4.69, 9.17) is 9.72 Å². The van der Waals surface area contributed by atoms with Gasteiger partial charge in [-0.3, -0.25) is 0 Å². The second-order valence-electron chi connectivity index (χ2n) is 6.21. The number of hydrogen-bond acceptors (Lipinski definition) is 3. The number of aryl methyl sites for hydroxylation is 1. The fourth-order valence-corrected chi connectivity index (χ4v) is 3.05. The van der Waals surface area contributed by atoms with Crippen molar-refractivity contribution in [2.75, 3.05) is 7.11 Å². The van der Waals surface area contributed by atoms with Crippen LogP contribution in [0.3, 0.4) is 0 Å². The molecule has 0 saturated carbocycles. The van der Waals surface area contributed by atoms with Gasteiger partial charge in [-0.05, 0) is 42.7 Å². The Balaban J connectivity index is 2.02. The van der Waals surface area contributed by atoms with Crippen LogP contribution < -0.4 is 0 Å². The van der Waals surface area contributed by atoms with Gasteiger partial charge in [-0.25, -0.2) is 9.78 Å². The van der Waals surface area contributed by atoms with Gasteiger partial charge in [0.2, 0.25) is 0 Å². The predicted octanol–water partition coefficient (Wildman–Crippen LogP) is 5.42. The molecule has 0 N–H and O–H groups in total. The Morgan fingerprint density at radius 2 is 1.80 bits per heavy atom. The molecule has 0 bridgehead atoms. The largest absolute Gasteiger partial charge is 0.465 e. The fourth-order valence-electron chi connectivity index (χ4n) is 3.05. The number of aromatic nitrogens is 1. The topological polar surface area (TPSA) is 39.2 Å². The maximum absolute atomic E-state index is 11.6. The van der Waals surface area contributed by atoms with E-state index in [0.717, 1.165) is 29.6 Å². The number of para-hydroxylation sites is 1. The second kappa shape index (κ2) is 7.93. The van der Waals surface area contributed by atoms with Crippen LogP contribution in [0.1, 0.15) is 42.1 Å². The molecule has 2 aromatic carbocycles. The average Bonchev–Trinajstić information content (AvgIpc) is 2.67. The molecule has 0 aliphatic carbocycles. The van der Waals surface area contributed by atoms with Gasteiger partial charge in [0, 0.05) is 10.9 Å². The van der Waals surface area contributed by atoms with E-state index in [1.54, 1.807) is 12.1 Å². The molecule has 0 fully saturated rings. The lowest BCUT2D eigenvalue weighted by Gasteiger charge is -2.11. The summed E-state index contributed by atoms with van der Waals surface area (Å²) >= 11 is 0. The van der Waals surface area contributed by atoms with Crippen LogP contribution in [-0.2, 0) is 11.2 Å². The first-order valence-corrected chi connectivity index (χ1v) is 8.80. The Morgan fingerprint density at radius 3 is 2.52 bits per heavy atom. The standard InChI is InChI=1S/C22H23NO2/c1-3-4-5-9-19-15-18-8-6-7-10-20(18)23-21(19)16-11-13-17(14-12-16)22(24)25-2/h6-8,10-15H,3-5,9H2,1-2H3. The van der Waals surface area contributed by atoms with Gasteiger partial charge in [0.05, 0.1) is 23.9 Å². The molecule has 0 saturated heterocycles. The molecule has 1 aromatic heterocycles. The lowest BCUT2D eigenvalue weighted by atomic mass is 9.98. The Hall–Kier alpha value is -2.68. The van der Waals surface area contributed by atoms with Gasteiger partial charge < -0.3 is 4.74 Å². The molecule has 3 heteroatoms. The summed E-state index contributed by atoms with van der Waals surface area (Å²) in [4.78, 5) is 16.5. The van der Waals surface area contributed by atoms with Crippen molar-refractivity contribution in [3.63, 3.8) is 0 Å². The van der Waals surface area contributed by atoms with Gasteiger partial charge in [-0.15, -0.1) is 0 Å². The predicted molar refractivity (Wildman–Crippen MR) is 102 cm³/mol. The zero-order valence-electron chi connectivity index (χ0n) is 14.8. The summed E-state index contributed by atoms with van der Waals surface area (Å²) in [5.41, 5.74) is 4.85. The van der Waals surface area contributed by atoms with Crippen LogP contribution >= 0.6 is 0 Å². The number of fused-ring (bicyclic) bond motifs is 1. The molecule has 3 nitrogen and oxygen atoms in total. The smallest absolute Gasteiger partial charge is 0.337 e. The minimum atomic E-state index is -0.318. The average molecular weight is 333 g/mol. The Kier molecular flexibility index (Phi) is 5.44. The molecular formula is C22H23NO2. The molecule has 0 unspecified atom stereocenters. The van der Waals surface area contributed by atoms with Crippen LogP contribution in [0.5, 0.6) is 0 Å². The summed E-state index contributed by atoms with van der Waals surface area (Å²) in [7, 11) is 1.40. The van der Waals surface area contributed by atoms with E-state index in [2.05, 4.69) is 19.1 Å². The Labute approximate surface area is 148 Å². The van der Waals surface area contributed by atoms with E-state index in [1.165, 1.54) is 30.9 Å². The molecule has 0 aliphatic heterocycles. The third kappa shape index (κ3) is 3.87. The summed E-state index contributed by atoms with van der Waals surface area (Å²) in [6, 6.07) is 18.0. The van der Waals surface area contributed by atoms with E-state index in [0.29, 0.717) is 5.56 Å². The summed E-state index contributed by atoms with van der Waals surface area (Å²) in [5, 5.41) is 1.17. The number of unbranched alkanes of at least 4 members (excludes halogenated alkanes) is 2. The third-order valence-electron chi connectivity index (χ3n) is 4.43. The Morgan fingerprint density at radius 1 is 1.04 bits per heavy atom. The molecule has 0 radical (unpaired) electrons. The number of pyridine rings is 1. The highest BCUT2D eigenvalue weighted by atomic mass is 16.5. The van der Waals surface area contributed by atoms with E-state index in [9.17, 15) is 4.79 Å². The van der Waals surface area contributed by atoms with Crippen LogP contribution in [0.15, 0.2) is 54.6 Å². The van der Waals surface area contributed by atoms with Gasteiger partial charge in [0.25, 0.3) is 0 Å². The van der Waals surface area contributed by atoms with Crippen LogP contribution in [0.4, 0.5) is 0 Å². The highest BCUT2D eigenvalue weighted by Crippen LogP contribution is 2.27. The number of esters is 1. The van der Waals surface area contributed by atoms with E-state index < -0.39 is 0 Å². The van der Waals surface area contributed by atoms with Crippen molar-refractivity contribution >= 4 is 16.9 Å². The van der Waals surface area contributed by atoms with Crippen LogP contribution in [0, 0.1) is 0 Å². The summed E-state index contributed by atoms with van der Waals surface area (Å²) in [5.74, 6) is -0.318.